The van der Waals surface area contributed by atoms with Crippen molar-refractivity contribution in [2.45, 2.75) is 6.54 Å². The van der Waals surface area contributed by atoms with E-state index in [1.165, 1.54) is 0 Å². The number of rotatable bonds is 5. The molecular formula is C21H18N2O2S. The maximum Gasteiger partial charge on any atom is 0.263 e. The van der Waals surface area contributed by atoms with Crippen molar-refractivity contribution in [2.24, 2.45) is 5.16 Å². The lowest BCUT2D eigenvalue weighted by atomic mass is 10.1. The van der Waals surface area contributed by atoms with Crippen LogP contribution in [0.4, 0.5) is 0 Å². The van der Waals surface area contributed by atoms with E-state index in [1.54, 1.807) is 23.3 Å². The van der Waals surface area contributed by atoms with E-state index in [0.29, 0.717) is 6.54 Å². The first-order valence-corrected chi connectivity index (χ1v) is 9.32. The first kappa shape index (κ1) is 16.5. The van der Waals surface area contributed by atoms with Crippen molar-refractivity contribution in [3.05, 3.63) is 82.0 Å². The summed E-state index contributed by atoms with van der Waals surface area (Å²) in [5.41, 5.74) is 6.26. The zero-order valence-corrected chi connectivity index (χ0v) is 15.2. The predicted molar refractivity (Wildman–Crippen MR) is 104 cm³/mol. The summed E-state index contributed by atoms with van der Waals surface area (Å²) in [5.74, 6) is -0.0971. The van der Waals surface area contributed by atoms with Gasteiger partial charge in [0.15, 0.2) is 6.61 Å². The topological polar surface area (TPSA) is 41.9 Å². The second-order valence-corrected chi connectivity index (χ2v) is 6.97. The Morgan fingerprint density at radius 1 is 1.00 bits per heavy atom. The van der Waals surface area contributed by atoms with Crippen LogP contribution in [0.2, 0.25) is 0 Å². The van der Waals surface area contributed by atoms with Gasteiger partial charge in [0.25, 0.3) is 5.91 Å². The molecule has 0 saturated carbocycles. The second kappa shape index (κ2) is 7.14. The molecule has 5 heteroatoms. The van der Waals surface area contributed by atoms with Gasteiger partial charge in [0, 0.05) is 24.7 Å². The Hall–Kier alpha value is -2.92. The van der Waals surface area contributed by atoms with Gasteiger partial charge in [-0.3, -0.25) is 4.79 Å². The van der Waals surface area contributed by atoms with E-state index in [0.717, 1.165) is 33.5 Å². The Labute approximate surface area is 156 Å². The summed E-state index contributed by atoms with van der Waals surface area (Å²) < 4.78 is 0. The molecule has 0 unspecified atom stereocenters. The van der Waals surface area contributed by atoms with Crippen LogP contribution < -0.4 is 0 Å². The molecule has 1 aliphatic rings. The fraction of sp³-hybridized carbons (Fsp3) is 0.143. The number of amides is 1. The number of carbonyl (C=O) groups excluding carboxylic acids is 1. The SMILES string of the molecule is CN(Cc1ccsc1)C(=O)CON=C1c2ccccc2-c2ccccc21. The molecule has 0 radical (unpaired) electrons. The van der Waals surface area contributed by atoms with Crippen LogP contribution in [0.5, 0.6) is 0 Å². The van der Waals surface area contributed by atoms with E-state index in [4.69, 9.17) is 4.84 Å². The molecule has 26 heavy (non-hydrogen) atoms. The molecular weight excluding hydrogens is 344 g/mol. The summed E-state index contributed by atoms with van der Waals surface area (Å²) in [6.07, 6.45) is 0. The van der Waals surface area contributed by atoms with Gasteiger partial charge < -0.3 is 9.74 Å². The number of hydrogen-bond acceptors (Lipinski definition) is 4. The maximum absolute atomic E-state index is 12.3. The summed E-state index contributed by atoms with van der Waals surface area (Å²) in [5, 5.41) is 8.34. The monoisotopic (exact) mass is 362 g/mol. The van der Waals surface area contributed by atoms with Crippen molar-refractivity contribution >= 4 is 23.0 Å². The zero-order chi connectivity index (χ0) is 17.9. The van der Waals surface area contributed by atoms with Crippen LogP contribution in [0.3, 0.4) is 0 Å². The summed E-state index contributed by atoms with van der Waals surface area (Å²) >= 11 is 1.62. The smallest absolute Gasteiger partial charge is 0.263 e. The van der Waals surface area contributed by atoms with Gasteiger partial charge in [-0.2, -0.15) is 11.3 Å². The number of hydrogen-bond donors (Lipinski definition) is 0. The van der Waals surface area contributed by atoms with Gasteiger partial charge in [-0.1, -0.05) is 53.7 Å². The molecule has 1 aromatic heterocycles. The van der Waals surface area contributed by atoms with E-state index in [9.17, 15) is 4.79 Å². The number of benzene rings is 2. The molecule has 0 aliphatic heterocycles. The van der Waals surface area contributed by atoms with E-state index >= 15 is 0 Å². The van der Waals surface area contributed by atoms with Gasteiger partial charge in [0.05, 0.1) is 0 Å². The standard InChI is InChI=1S/C21H18N2O2S/c1-23(12-15-10-11-26-14-15)20(24)13-25-22-21-18-8-4-2-6-16(18)17-7-3-5-9-19(17)21/h2-11,14H,12-13H2,1H3. The molecule has 0 bridgehead atoms. The Kier molecular flexibility index (Phi) is 4.54. The largest absolute Gasteiger partial charge is 0.385 e. The van der Waals surface area contributed by atoms with Crippen LogP contribution in [-0.2, 0) is 16.2 Å². The van der Waals surface area contributed by atoms with Crippen LogP contribution in [0.15, 0.2) is 70.5 Å². The summed E-state index contributed by atoms with van der Waals surface area (Å²) in [6, 6.07) is 18.2. The molecule has 1 heterocycles. The average molecular weight is 362 g/mol. The van der Waals surface area contributed by atoms with Crippen LogP contribution in [-0.4, -0.2) is 30.2 Å². The van der Waals surface area contributed by atoms with E-state index in [2.05, 4.69) is 17.3 Å². The van der Waals surface area contributed by atoms with Crippen molar-refractivity contribution in [2.75, 3.05) is 13.7 Å². The molecule has 0 N–H and O–H groups in total. The highest BCUT2D eigenvalue weighted by molar-refractivity contribution is 7.07. The maximum atomic E-state index is 12.3. The molecule has 3 aromatic rings. The van der Waals surface area contributed by atoms with Crippen molar-refractivity contribution in [1.29, 1.82) is 0 Å². The van der Waals surface area contributed by atoms with Crippen molar-refractivity contribution in [3.63, 3.8) is 0 Å². The third kappa shape index (κ3) is 3.13. The zero-order valence-electron chi connectivity index (χ0n) is 14.4. The first-order chi connectivity index (χ1) is 12.7. The van der Waals surface area contributed by atoms with Crippen molar-refractivity contribution in [1.82, 2.24) is 4.90 Å². The summed E-state index contributed by atoms with van der Waals surface area (Å²) in [7, 11) is 1.77. The van der Waals surface area contributed by atoms with Crippen molar-refractivity contribution < 1.29 is 9.63 Å². The second-order valence-electron chi connectivity index (χ2n) is 6.19. The van der Waals surface area contributed by atoms with Gasteiger partial charge in [-0.15, -0.1) is 0 Å². The molecule has 0 saturated heterocycles. The molecule has 0 spiro atoms. The number of likely N-dealkylation sites (N-methyl/N-ethyl adjacent to an activating group) is 1. The lowest BCUT2D eigenvalue weighted by Crippen LogP contribution is -2.29. The fourth-order valence-corrected chi connectivity index (χ4v) is 3.76. The highest BCUT2D eigenvalue weighted by atomic mass is 32.1. The minimum atomic E-state index is -0.0971. The molecule has 1 aliphatic carbocycles. The molecule has 1 amide bonds. The molecule has 0 atom stereocenters. The van der Waals surface area contributed by atoms with E-state index in [1.807, 2.05) is 53.2 Å². The van der Waals surface area contributed by atoms with Crippen LogP contribution in [0.25, 0.3) is 11.1 Å². The van der Waals surface area contributed by atoms with Gasteiger partial charge in [-0.05, 0) is 33.5 Å². The molecule has 4 rings (SSSR count). The quantitative estimate of drug-likeness (QED) is 0.500. The summed E-state index contributed by atoms with van der Waals surface area (Å²) in [6.45, 7) is 0.502. The Balaban J connectivity index is 1.48. The number of thiophene rings is 1. The third-order valence-corrected chi connectivity index (χ3v) is 5.16. The Morgan fingerprint density at radius 3 is 2.19 bits per heavy atom. The Bertz CT molecular complexity index is 916. The average Bonchev–Trinajstić information content (AvgIpc) is 3.28. The summed E-state index contributed by atoms with van der Waals surface area (Å²) in [4.78, 5) is 19.4. The minimum Gasteiger partial charge on any atom is -0.385 e. The highest BCUT2D eigenvalue weighted by Gasteiger charge is 2.24. The normalized spacial score (nSPS) is 11.7. The van der Waals surface area contributed by atoms with Crippen LogP contribution >= 0.6 is 11.3 Å². The lowest BCUT2D eigenvalue weighted by molar-refractivity contribution is -0.135. The molecule has 130 valence electrons. The minimum absolute atomic E-state index is 0.0749. The first-order valence-electron chi connectivity index (χ1n) is 8.38. The number of carbonyl (C=O) groups is 1. The van der Waals surface area contributed by atoms with Gasteiger partial charge >= 0.3 is 0 Å². The van der Waals surface area contributed by atoms with E-state index in [-0.39, 0.29) is 12.5 Å². The highest BCUT2D eigenvalue weighted by Crippen LogP contribution is 2.36. The third-order valence-electron chi connectivity index (χ3n) is 4.42. The fourth-order valence-electron chi connectivity index (χ4n) is 3.10. The van der Waals surface area contributed by atoms with Gasteiger partial charge in [0.1, 0.15) is 5.71 Å². The molecule has 2 aromatic carbocycles. The molecule has 4 nitrogen and oxygen atoms in total. The number of nitrogens with zero attached hydrogens (tertiary/aromatic N) is 2. The lowest BCUT2D eigenvalue weighted by Gasteiger charge is -2.15. The van der Waals surface area contributed by atoms with Crippen LogP contribution in [0.1, 0.15) is 16.7 Å². The van der Waals surface area contributed by atoms with Crippen molar-refractivity contribution in [3.8, 4) is 11.1 Å². The predicted octanol–water partition coefficient (Wildman–Crippen LogP) is 4.16. The Morgan fingerprint density at radius 2 is 1.62 bits per heavy atom. The van der Waals surface area contributed by atoms with Gasteiger partial charge in [0.2, 0.25) is 0 Å². The van der Waals surface area contributed by atoms with Gasteiger partial charge in [-0.25, -0.2) is 0 Å². The van der Waals surface area contributed by atoms with Crippen LogP contribution in [0, 0.1) is 0 Å². The number of fused-ring (bicyclic) bond motifs is 3. The molecule has 0 fully saturated rings. The van der Waals surface area contributed by atoms with E-state index < -0.39 is 0 Å². The number of oxime groups is 1.